The lowest BCUT2D eigenvalue weighted by atomic mass is 9.76. The molecule has 0 spiro atoms. The number of Topliss-reactive ketones (excluding diaryl/α,β-unsaturated/α-hetero) is 1. The van der Waals surface area contributed by atoms with Gasteiger partial charge in [-0.3, -0.25) is 38.5 Å². The predicted molar refractivity (Wildman–Crippen MR) is 251 cm³/mol. The van der Waals surface area contributed by atoms with E-state index in [1.807, 2.05) is 97.0 Å². The number of nitrogens with one attached hydrogen (secondary N) is 3. The second-order valence-electron chi connectivity index (χ2n) is 18.6. The van der Waals surface area contributed by atoms with Crippen LogP contribution in [0.15, 0.2) is 66.2 Å². The maximum Gasteiger partial charge on any atom is 0.326 e. The summed E-state index contributed by atoms with van der Waals surface area (Å²) in [5.74, 6) is -5.48. The average Bonchev–Trinajstić information content (AvgIpc) is 3.51. The molecule has 65 heavy (non-hydrogen) atoms. The Kier molecular flexibility index (Phi) is 19.7. The zero-order chi connectivity index (χ0) is 49.0. The fourth-order valence-electron chi connectivity index (χ4n) is 7.73. The molecule has 0 bridgehead atoms. The van der Waals surface area contributed by atoms with Crippen LogP contribution in [0.1, 0.15) is 93.1 Å². The summed E-state index contributed by atoms with van der Waals surface area (Å²) in [4.78, 5) is 106. The van der Waals surface area contributed by atoms with E-state index in [0.717, 1.165) is 33.4 Å². The van der Waals surface area contributed by atoms with Crippen molar-refractivity contribution in [2.45, 2.75) is 128 Å². The number of carboxylic acid groups (broad SMARTS) is 2. The van der Waals surface area contributed by atoms with Crippen molar-refractivity contribution in [3.8, 4) is 11.1 Å². The highest BCUT2D eigenvalue weighted by Crippen LogP contribution is 2.32. The number of carbonyl (C=O) groups excluding carboxylic acids is 6. The Morgan fingerprint density at radius 2 is 1.54 bits per heavy atom. The highest BCUT2D eigenvalue weighted by atomic mass is 32.2. The van der Waals surface area contributed by atoms with Gasteiger partial charge in [0.25, 0.3) is 0 Å². The first-order valence-electron chi connectivity index (χ1n) is 21.9. The van der Waals surface area contributed by atoms with E-state index in [-0.39, 0.29) is 73.5 Å². The van der Waals surface area contributed by atoms with Crippen LogP contribution < -0.4 is 21.7 Å². The Balaban J connectivity index is 1.65. The third-order valence-corrected chi connectivity index (χ3v) is 13.1. The van der Waals surface area contributed by atoms with Crippen molar-refractivity contribution in [3.63, 3.8) is 0 Å². The average molecular weight is 921 g/mol. The number of imide groups is 1. The van der Waals surface area contributed by atoms with Crippen LogP contribution in [0.4, 0.5) is 0 Å². The maximum absolute atomic E-state index is 14.4. The third kappa shape index (κ3) is 14.8. The Morgan fingerprint density at radius 1 is 0.908 bits per heavy atom. The van der Waals surface area contributed by atoms with E-state index in [2.05, 4.69) is 22.0 Å². The zero-order valence-electron chi connectivity index (χ0n) is 39.3. The molecule has 6 atom stereocenters. The molecule has 2 aromatic rings. The van der Waals surface area contributed by atoms with Crippen LogP contribution in [0, 0.1) is 11.3 Å². The van der Waals surface area contributed by atoms with Crippen LogP contribution in [0.5, 0.6) is 0 Å². The molecule has 17 heteroatoms. The van der Waals surface area contributed by atoms with E-state index >= 15 is 0 Å². The first-order chi connectivity index (χ1) is 30.3. The molecule has 2 aromatic carbocycles. The molecule has 0 radical (unpaired) electrons. The number of aliphatic carboxylic acids is 2. The topological polar surface area (TPSA) is 246 Å². The maximum atomic E-state index is 14.4. The second-order valence-corrected chi connectivity index (χ2v) is 19.9. The Bertz CT molecular complexity index is 2080. The monoisotopic (exact) mass is 920 g/mol. The second kappa shape index (κ2) is 23.7. The molecular formula is C48H68N6O10S. The molecule has 1 aliphatic heterocycles. The number of benzene rings is 2. The highest BCUT2D eigenvalue weighted by molar-refractivity contribution is 8.00. The summed E-state index contributed by atoms with van der Waals surface area (Å²) in [5.41, 5.74) is 7.20. The quantitative estimate of drug-likeness (QED) is 0.0641. The number of carbonyl (C=O) groups is 8. The smallest absolute Gasteiger partial charge is 0.326 e. The molecule has 0 aromatic heterocycles. The lowest BCUT2D eigenvalue weighted by Gasteiger charge is -2.40. The SMILES string of the molecule is CN[C@H](C(=O)N[C@H](C(=O)N(C)[C@H](/C=C(\C)C(=O)N[C@H](CCC(=O)CCCN1C(=O)CC(SC[C@H](N)C(=O)O)C1=O)C(=O)O)C(C)C)C(C)(C)C)C(C)(C)c1cccc(-c2ccccc2)c1. The van der Waals surface area contributed by atoms with Crippen molar-refractivity contribution in [1.82, 2.24) is 25.8 Å². The number of nitrogens with two attached hydrogens (primary N) is 1. The fraction of sp³-hybridized carbons (Fsp3) is 0.542. The number of hydrogen-bond donors (Lipinski definition) is 6. The van der Waals surface area contributed by atoms with Crippen molar-refractivity contribution in [2.75, 3.05) is 26.4 Å². The molecule has 0 aliphatic carbocycles. The molecule has 0 saturated carbocycles. The summed E-state index contributed by atoms with van der Waals surface area (Å²) >= 11 is 0.996. The number of likely N-dealkylation sites (tertiary alicyclic amines) is 1. The predicted octanol–water partition coefficient (Wildman–Crippen LogP) is 4.15. The molecule has 3 rings (SSSR count). The molecule has 1 aliphatic rings. The zero-order valence-corrected chi connectivity index (χ0v) is 40.1. The molecule has 16 nitrogen and oxygen atoms in total. The van der Waals surface area contributed by atoms with Gasteiger partial charge in [-0.2, -0.15) is 0 Å². The molecular weight excluding hydrogens is 853 g/mol. The lowest BCUT2D eigenvalue weighted by Crippen LogP contribution is -2.61. The number of ketones is 1. The molecule has 1 unspecified atom stereocenters. The molecule has 1 fully saturated rings. The minimum Gasteiger partial charge on any atom is -0.480 e. The molecule has 7 N–H and O–H groups in total. The number of amides is 5. The van der Waals surface area contributed by atoms with Crippen molar-refractivity contribution >= 4 is 59.0 Å². The van der Waals surface area contributed by atoms with Gasteiger partial charge < -0.3 is 36.8 Å². The summed E-state index contributed by atoms with van der Waals surface area (Å²) < 4.78 is 0. The van der Waals surface area contributed by atoms with Crippen LogP contribution in [-0.2, 0) is 43.8 Å². The number of carboxylic acids is 2. The van der Waals surface area contributed by atoms with Gasteiger partial charge in [0, 0.05) is 49.6 Å². The number of hydrogen-bond acceptors (Lipinski definition) is 11. The number of nitrogens with zero attached hydrogens (tertiary/aromatic N) is 2. The van der Waals surface area contributed by atoms with Gasteiger partial charge in [0.15, 0.2) is 0 Å². The van der Waals surface area contributed by atoms with Crippen LogP contribution in [0.2, 0.25) is 0 Å². The van der Waals surface area contributed by atoms with Crippen molar-refractivity contribution < 1.29 is 48.6 Å². The van der Waals surface area contributed by atoms with E-state index in [9.17, 15) is 43.5 Å². The highest BCUT2D eigenvalue weighted by Gasteiger charge is 2.42. The van der Waals surface area contributed by atoms with Crippen LogP contribution in [-0.4, -0.2) is 129 Å². The van der Waals surface area contributed by atoms with E-state index in [1.165, 1.54) is 11.8 Å². The normalized spacial score (nSPS) is 17.0. The Hall–Kier alpha value is -5.39. The Labute approximate surface area is 386 Å². The van der Waals surface area contributed by atoms with Crippen LogP contribution >= 0.6 is 11.8 Å². The summed E-state index contributed by atoms with van der Waals surface area (Å²) in [6.07, 6.45) is 1.20. The van der Waals surface area contributed by atoms with Gasteiger partial charge in [-0.15, -0.1) is 11.8 Å². The summed E-state index contributed by atoms with van der Waals surface area (Å²) in [6, 6.07) is 13.1. The largest absolute Gasteiger partial charge is 0.480 e. The number of likely N-dealkylation sites (N-methyl/N-ethyl adjacent to an activating group) is 2. The van der Waals surface area contributed by atoms with Crippen molar-refractivity contribution in [2.24, 2.45) is 17.1 Å². The first kappa shape index (κ1) is 53.9. The van der Waals surface area contributed by atoms with E-state index in [0.29, 0.717) is 0 Å². The van der Waals surface area contributed by atoms with Gasteiger partial charge in [-0.1, -0.05) is 109 Å². The minimum absolute atomic E-state index is 0.0233. The van der Waals surface area contributed by atoms with Crippen molar-refractivity contribution in [3.05, 3.63) is 71.8 Å². The van der Waals surface area contributed by atoms with Crippen LogP contribution in [0.25, 0.3) is 11.1 Å². The Morgan fingerprint density at radius 3 is 2.11 bits per heavy atom. The van der Waals surface area contributed by atoms with Gasteiger partial charge >= 0.3 is 11.9 Å². The summed E-state index contributed by atoms with van der Waals surface area (Å²) in [5, 5.41) is 26.9. The van der Waals surface area contributed by atoms with Gasteiger partial charge in [-0.25, -0.2) is 4.79 Å². The molecule has 356 valence electrons. The third-order valence-electron chi connectivity index (χ3n) is 11.8. The minimum atomic E-state index is -1.41. The van der Waals surface area contributed by atoms with Gasteiger partial charge in [0.05, 0.1) is 17.3 Å². The van der Waals surface area contributed by atoms with Crippen molar-refractivity contribution in [1.29, 1.82) is 0 Å². The fourth-order valence-corrected chi connectivity index (χ4v) is 8.84. The van der Waals surface area contributed by atoms with E-state index < -0.39 is 75.9 Å². The van der Waals surface area contributed by atoms with Crippen LogP contribution in [0.3, 0.4) is 0 Å². The van der Waals surface area contributed by atoms with Gasteiger partial charge in [0.1, 0.15) is 23.9 Å². The molecule has 1 heterocycles. The lowest BCUT2D eigenvalue weighted by molar-refractivity contribution is -0.142. The van der Waals surface area contributed by atoms with E-state index in [4.69, 9.17) is 10.8 Å². The molecule has 1 saturated heterocycles. The summed E-state index contributed by atoms with van der Waals surface area (Å²) in [6.45, 7) is 14.8. The van der Waals surface area contributed by atoms with Gasteiger partial charge in [0.2, 0.25) is 29.5 Å². The molecule has 5 amide bonds. The summed E-state index contributed by atoms with van der Waals surface area (Å²) in [7, 11) is 3.31. The van der Waals surface area contributed by atoms with E-state index in [1.54, 1.807) is 20.2 Å². The first-order valence-corrected chi connectivity index (χ1v) is 22.9. The van der Waals surface area contributed by atoms with Gasteiger partial charge in [-0.05, 0) is 54.8 Å². The number of rotatable bonds is 24. The standard InChI is InChI=1S/C48H68N6O10S/c1-28(2)36(24-29(3)41(57)51-35(46(63)64)22-21-33(55)20-15-23-54-38(56)26-37(43(54)59)65-27-34(49)45(61)62)53(10)44(60)40(47(4,5)6)52-42(58)39(50-9)48(7,8)32-19-14-18-31(25-32)30-16-12-11-13-17-30/h11-14,16-19,24-25,28,34-37,39-40,50H,15,20-23,26-27,49H2,1-10H3,(H,51,57)(H,52,58)(H,61,62)(H,63,64)/b29-24+/t34-,35+,36+,37?,39+,40+/m0/s1. The number of thioether (sulfide) groups is 1.